The van der Waals surface area contributed by atoms with Gasteiger partial charge in [0.2, 0.25) is 11.8 Å². The maximum absolute atomic E-state index is 15.6. The van der Waals surface area contributed by atoms with Gasteiger partial charge in [-0.2, -0.15) is 13.8 Å². The number of halogens is 2. The number of rotatable bonds is 9. The van der Waals surface area contributed by atoms with Crippen LogP contribution >= 0.6 is 0 Å². The van der Waals surface area contributed by atoms with Crippen LogP contribution in [0, 0.1) is 17.8 Å². The van der Waals surface area contributed by atoms with Crippen molar-refractivity contribution in [2.45, 2.75) is 110 Å². The van der Waals surface area contributed by atoms with Crippen LogP contribution in [0.3, 0.4) is 0 Å². The summed E-state index contributed by atoms with van der Waals surface area (Å²) in [6.45, 7) is 14.5. The van der Waals surface area contributed by atoms with Gasteiger partial charge in [0.05, 0.1) is 17.2 Å². The molecule has 8 nitrogen and oxygen atoms in total. The first-order valence-corrected chi connectivity index (χ1v) is 17.7. The van der Waals surface area contributed by atoms with Gasteiger partial charge in [-0.3, -0.25) is 9.59 Å². The number of hydrogen-bond acceptors (Lipinski definition) is 7. The minimum atomic E-state index is -3.52. The Kier molecular flexibility index (Phi) is 11.2. The van der Waals surface area contributed by atoms with Gasteiger partial charge in [0.15, 0.2) is 5.78 Å². The molecule has 2 aromatic rings. The molecule has 0 bridgehead atoms. The lowest BCUT2D eigenvalue weighted by Crippen LogP contribution is -2.48. The van der Waals surface area contributed by atoms with E-state index in [0.717, 1.165) is 55.9 Å². The smallest absolute Gasteiger partial charge is 0.300 e. The highest BCUT2D eigenvalue weighted by molar-refractivity contribution is 6.05. The molecule has 0 saturated carbocycles. The molecule has 1 amide bonds. The SMILES string of the molecule is C=C(C)C(F)(F)c1cnc(N=C2C=C(C)C(C(=O)NC3CC=C(C)CCCC3)CC2(C)OC)nc1Oc1cccc2c1C(=O)C(C)C(CC)C2. The van der Waals surface area contributed by atoms with Crippen molar-refractivity contribution >= 4 is 23.4 Å². The lowest BCUT2D eigenvalue weighted by atomic mass is 9.74. The van der Waals surface area contributed by atoms with Crippen molar-refractivity contribution in [1.82, 2.24) is 15.3 Å². The summed E-state index contributed by atoms with van der Waals surface area (Å²) in [6.07, 6.45) is 11.9. The van der Waals surface area contributed by atoms with Gasteiger partial charge in [-0.05, 0) is 95.4 Å². The molecule has 1 N–H and O–H groups in total. The summed E-state index contributed by atoms with van der Waals surface area (Å²) in [6, 6.07) is 5.30. The number of carbonyl (C=O) groups is 2. The molecule has 1 heterocycles. The number of amides is 1. The van der Waals surface area contributed by atoms with Gasteiger partial charge >= 0.3 is 5.92 Å². The number of nitrogens with zero attached hydrogens (tertiary/aromatic N) is 3. The van der Waals surface area contributed by atoms with Gasteiger partial charge in [-0.1, -0.05) is 62.6 Å². The summed E-state index contributed by atoms with van der Waals surface area (Å²) in [5.41, 5.74) is 1.80. The number of Topliss-reactive ketones (excluding diaryl/α,β-unsaturated/α-hetero) is 1. The molecule has 5 rings (SSSR count). The number of aromatic nitrogens is 2. The average Bonchev–Trinajstić information content (AvgIpc) is 3.07. The van der Waals surface area contributed by atoms with E-state index in [1.54, 1.807) is 25.3 Å². The van der Waals surface area contributed by atoms with Gasteiger partial charge in [-0.25, -0.2) is 9.98 Å². The third-order valence-electron chi connectivity index (χ3n) is 10.8. The normalized spacial score (nSPS) is 26.7. The number of aliphatic imine (C=N–C) groups is 1. The van der Waals surface area contributed by atoms with E-state index in [4.69, 9.17) is 9.47 Å². The Labute approximate surface area is 294 Å². The maximum Gasteiger partial charge on any atom is 0.300 e. The molecule has 0 fully saturated rings. The second-order valence-corrected chi connectivity index (χ2v) is 14.5. The maximum atomic E-state index is 15.6. The third kappa shape index (κ3) is 7.65. The second kappa shape index (κ2) is 15.1. The fraction of sp³-hybridized carbons (Fsp3) is 0.525. The van der Waals surface area contributed by atoms with E-state index in [1.807, 2.05) is 26.8 Å². The van der Waals surface area contributed by atoms with Crippen molar-refractivity contribution in [2.24, 2.45) is 22.7 Å². The zero-order valence-corrected chi connectivity index (χ0v) is 30.4. The van der Waals surface area contributed by atoms with Crippen LogP contribution in [0.15, 0.2) is 64.8 Å². The molecule has 0 radical (unpaired) electrons. The Morgan fingerprint density at radius 3 is 2.70 bits per heavy atom. The molecule has 10 heteroatoms. The van der Waals surface area contributed by atoms with E-state index >= 15 is 8.78 Å². The molecule has 0 saturated heterocycles. The summed E-state index contributed by atoms with van der Waals surface area (Å²) >= 11 is 0. The Hall–Kier alpha value is -4.05. The molecule has 0 spiro atoms. The molecule has 1 aromatic heterocycles. The molecule has 1 aromatic carbocycles. The highest BCUT2D eigenvalue weighted by atomic mass is 19.3. The predicted molar refractivity (Wildman–Crippen MR) is 191 cm³/mol. The predicted octanol–water partition coefficient (Wildman–Crippen LogP) is 9.18. The van der Waals surface area contributed by atoms with Crippen LogP contribution in [-0.4, -0.2) is 46.1 Å². The molecular formula is C40H50F2N4O4. The lowest BCUT2D eigenvalue weighted by Gasteiger charge is -2.37. The fourth-order valence-corrected chi connectivity index (χ4v) is 7.21. The van der Waals surface area contributed by atoms with Crippen LogP contribution in [0.5, 0.6) is 11.6 Å². The standard InChI is InChI=1S/C40H50F2N4O4/c1-9-27-20-28-14-12-16-32(34(28)35(47)26(27)6)50-37-31(40(41,42)23(2)3)22-43-38(46-37)45-33-19-25(5)30(21-39(33,7)49-8)36(48)44-29-15-11-10-13-24(4)17-18-29/h12,14,16-17,19,22,26-27,29-30H,2,9-11,13,15,18,20-21H2,1,3-8H3,(H,44,48). The van der Waals surface area contributed by atoms with E-state index < -0.39 is 34.5 Å². The number of methoxy groups -OCH3 is 1. The number of carbonyl (C=O) groups excluding carboxylic acids is 2. The molecule has 5 unspecified atom stereocenters. The van der Waals surface area contributed by atoms with Gasteiger partial charge in [0.1, 0.15) is 16.9 Å². The van der Waals surface area contributed by atoms with Gasteiger partial charge in [-0.15, -0.1) is 0 Å². The van der Waals surface area contributed by atoms with Crippen molar-refractivity contribution in [3.8, 4) is 11.6 Å². The van der Waals surface area contributed by atoms with Crippen molar-refractivity contribution < 1.29 is 27.8 Å². The van der Waals surface area contributed by atoms with Crippen LogP contribution in [-0.2, 0) is 21.9 Å². The highest BCUT2D eigenvalue weighted by Crippen LogP contribution is 2.44. The number of nitrogens with one attached hydrogen (secondary N) is 1. The summed E-state index contributed by atoms with van der Waals surface area (Å²) in [7, 11) is 1.55. The number of ether oxygens (including phenoxy) is 2. The number of benzene rings is 1. The molecule has 3 aliphatic carbocycles. The molecular weight excluding hydrogens is 638 g/mol. The number of ketones is 1. The number of fused-ring (bicyclic) bond motifs is 1. The Morgan fingerprint density at radius 1 is 1.24 bits per heavy atom. The van der Waals surface area contributed by atoms with Crippen LogP contribution in [0.2, 0.25) is 0 Å². The summed E-state index contributed by atoms with van der Waals surface area (Å²) < 4.78 is 43.2. The summed E-state index contributed by atoms with van der Waals surface area (Å²) in [5.74, 6) is -4.55. The van der Waals surface area contributed by atoms with Gasteiger partial charge in [0, 0.05) is 25.3 Å². The monoisotopic (exact) mass is 688 g/mol. The van der Waals surface area contributed by atoms with E-state index in [1.165, 1.54) is 12.5 Å². The quantitative estimate of drug-likeness (QED) is 0.264. The van der Waals surface area contributed by atoms with Crippen molar-refractivity contribution in [3.63, 3.8) is 0 Å². The van der Waals surface area contributed by atoms with Gasteiger partial charge in [0.25, 0.3) is 5.95 Å². The molecule has 0 aliphatic heterocycles. The van der Waals surface area contributed by atoms with E-state index in [-0.39, 0.29) is 41.3 Å². The first-order chi connectivity index (χ1) is 23.7. The van der Waals surface area contributed by atoms with E-state index in [0.29, 0.717) is 24.1 Å². The first-order valence-electron chi connectivity index (χ1n) is 17.7. The number of allylic oxidation sites excluding steroid dienone is 2. The minimum Gasteiger partial charge on any atom is -0.438 e. The zero-order chi connectivity index (χ0) is 36.4. The summed E-state index contributed by atoms with van der Waals surface area (Å²) in [5, 5.41) is 3.26. The Bertz CT molecular complexity index is 1750. The Morgan fingerprint density at radius 2 is 2.00 bits per heavy atom. The van der Waals surface area contributed by atoms with Crippen LogP contribution in [0.1, 0.15) is 108 Å². The van der Waals surface area contributed by atoms with Crippen LogP contribution < -0.4 is 10.1 Å². The third-order valence-corrected chi connectivity index (χ3v) is 10.8. The minimum absolute atomic E-state index is 0.0590. The highest BCUT2D eigenvalue weighted by Gasteiger charge is 2.42. The average molecular weight is 689 g/mol. The lowest BCUT2D eigenvalue weighted by molar-refractivity contribution is -0.126. The second-order valence-electron chi connectivity index (χ2n) is 14.5. The molecule has 5 atom stereocenters. The zero-order valence-electron chi connectivity index (χ0n) is 30.4. The van der Waals surface area contributed by atoms with Crippen LogP contribution in [0.25, 0.3) is 0 Å². The fourth-order valence-electron chi connectivity index (χ4n) is 7.21. The van der Waals surface area contributed by atoms with E-state index in [9.17, 15) is 9.59 Å². The topological polar surface area (TPSA) is 103 Å². The van der Waals surface area contributed by atoms with Crippen molar-refractivity contribution in [3.05, 3.63) is 76.5 Å². The van der Waals surface area contributed by atoms with Crippen molar-refractivity contribution in [1.29, 1.82) is 0 Å². The molecule has 50 heavy (non-hydrogen) atoms. The summed E-state index contributed by atoms with van der Waals surface area (Å²) in [4.78, 5) is 40.4. The molecule has 268 valence electrons. The number of hydrogen-bond donors (Lipinski definition) is 1. The van der Waals surface area contributed by atoms with Gasteiger partial charge < -0.3 is 14.8 Å². The number of alkyl halides is 2. The Balaban J connectivity index is 1.50. The van der Waals surface area contributed by atoms with E-state index in [2.05, 4.69) is 46.8 Å². The largest absolute Gasteiger partial charge is 0.438 e. The van der Waals surface area contributed by atoms with Crippen LogP contribution in [0.4, 0.5) is 14.7 Å². The first kappa shape index (κ1) is 37.2. The van der Waals surface area contributed by atoms with Crippen molar-refractivity contribution in [2.75, 3.05) is 7.11 Å². The molecule has 3 aliphatic rings.